The third-order valence-corrected chi connectivity index (χ3v) is 4.48. The molecule has 1 aliphatic rings. The van der Waals surface area contributed by atoms with Crippen molar-refractivity contribution >= 4 is 11.8 Å². The molecule has 1 saturated heterocycles. The SMILES string of the molecule is CCCC1CN(CCSCC)C(CCC)CN1. The van der Waals surface area contributed by atoms with Gasteiger partial charge in [-0.15, -0.1) is 0 Å². The maximum atomic E-state index is 3.73. The topological polar surface area (TPSA) is 15.3 Å². The van der Waals surface area contributed by atoms with E-state index in [-0.39, 0.29) is 0 Å². The minimum atomic E-state index is 0.736. The lowest BCUT2D eigenvalue weighted by molar-refractivity contribution is 0.127. The van der Waals surface area contributed by atoms with Gasteiger partial charge in [-0.1, -0.05) is 33.6 Å². The van der Waals surface area contributed by atoms with E-state index in [0.717, 1.165) is 12.1 Å². The van der Waals surface area contributed by atoms with Gasteiger partial charge in [-0.05, 0) is 18.6 Å². The molecule has 0 aliphatic carbocycles. The van der Waals surface area contributed by atoms with Crippen LogP contribution < -0.4 is 5.32 Å². The molecule has 1 fully saturated rings. The van der Waals surface area contributed by atoms with Crippen molar-refractivity contribution in [2.24, 2.45) is 0 Å². The summed E-state index contributed by atoms with van der Waals surface area (Å²) >= 11 is 2.07. The molecule has 0 spiro atoms. The molecule has 0 radical (unpaired) electrons. The van der Waals surface area contributed by atoms with Crippen LogP contribution in [0.15, 0.2) is 0 Å². The minimum Gasteiger partial charge on any atom is -0.311 e. The number of rotatable bonds is 8. The van der Waals surface area contributed by atoms with Crippen LogP contribution in [0.1, 0.15) is 46.5 Å². The summed E-state index contributed by atoms with van der Waals surface area (Å²) in [5, 5.41) is 3.73. The Kier molecular flexibility index (Phi) is 8.33. The van der Waals surface area contributed by atoms with Crippen molar-refractivity contribution in [2.45, 2.75) is 58.5 Å². The highest BCUT2D eigenvalue weighted by atomic mass is 32.2. The molecule has 2 atom stereocenters. The van der Waals surface area contributed by atoms with Crippen LogP contribution in [-0.2, 0) is 0 Å². The van der Waals surface area contributed by atoms with E-state index >= 15 is 0 Å². The van der Waals surface area contributed by atoms with Crippen LogP contribution in [0.5, 0.6) is 0 Å². The Balaban J connectivity index is 2.38. The second-order valence-corrected chi connectivity index (χ2v) is 6.42. The van der Waals surface area contributed by atoms with Crippen molar-refractivity contribution in [1.29, 1.82) is 0 Å². The van der Waals surface area contributed by atoms with Gasteiger partial charge < -0.3 is 5.32 Å². The molecular weight excluding hydrogens is 228 g/mol. The molecule has 0 bridgehead atoms. The van der Waals surface area contributed by atoms with Crippen LogP contribution in [0.2, 0.25) is 0 Å². The molecule has 0 saturated carbocycles. The Morgan fingerprint density at radius 2 is 1.94 bits per heavy atom. The minimum absolute atomic E-state index is 0.736. The highest BCUT2D eigenvalue weighted by molar-refractivity contribution is 7.99. The van der Waals surface area contributed by atoms with Gasteiger partial charge in [-0.3, -0.25) is 4.90 Å². The van der Waals surface area contributed by atoms with Gasteiger partial charge in [0.25, 0.3) is 0 Å². The Morgan fingerprint density at radius 1 is 1.18 bits per heavy atom. The molecule has 0 aromatic heterocycles. The van der Waals surface area contributed by atoms with E-state index in [2.05, 4.69) is 42.7 Å². The first-order valence-corrected chi connectivity index (χ1v) is 8.52. The molecule has 17 heavy (non-hydrogen) atoms. The van der Waals surface area contributed by atoms with Crippen molar-refractivity contribution in [2.75, 3.05) is 31.1 Å². The monoisotopic (exact) mass is 258 g/mol. The van der Waals surface area contributed by atoms with E-state index < -0.39 is 0 Å². The van der Waals surface area contributed by atoms with Crippen LogP contribution >= 0.6 is 11.8 Å². The van der Waals surface area contributed by atoms with Crippen LogP contribution in [0, 0.1) is 0 Å². The van der Waals surface area contributed by atoms with Crippen molar-refractivity contribution < 1.29 is 0 Å². The van der Waals surface area contributed by atoms with Gasteiger partial charge >= 0.3 is 0 Å². The van der Waals surface area contributed by atoms with Crippen molar-refractivity contribution in [1.82, 2.24) is 10.2 Å². The van der Waals surface area contributed by atoms with Crippen LogP contribution in [0.4, 0.5) is 0 Å². The Hall–Kier alpha value is 0.270. The molecule has 0 amide bonds. The second kappa shape index (κ2) is 9.23. The van der Waals surface area contributed by atoms with Crippen molar-refractivity contribution in [3.05, 3.63) is 0 Å². The van der Waals surface area contributed by atoms with E-state index in [0.29, 0.717) is 0 Å². The summed E-state index contributed by atoms with van der Waals surface area (Å²) in [6.07, 6.45) is 5.29. The molecular formula is C14H30N2S. The zero-order valence-electron chi connectivity index (χ0n) is 11.9. The average molecular weight is 258 g/mol. The summed E-state index contributed by atoms with van der Waals surface area (Å²) in [5.41, 5.74) is 0. The molecule has 1 heterocycles. The fourth-order valence-electron chi connectivity index (χ4n) is 2.69. The van der Waals surface area contributed by atoms with E-state index in [1.165, 1.54) is 56.8 Å². The number of thioether (sulfide) groups is 1. The Labute approximate surface area is 112 Å². The van der Waals surface area contributed by atoms with Crippen molar-refractivity contribution in [3.8, 4) is 0 Å². The fraction of sp³-hybridized carbons (Fsp3) is 1.00. The fourth-order valence-corrected chi connectivity index (χ4v) is 3.34. The smallest absolute Gasteiger partial charge is 0.0221 e. The van der Waals surface area contributed by atoms with E-state index in [4.69, 9.17) is 0 Å². The van der Waals surface area contributed by atoms with Crippen LogP contribution in [0.25, 0.3) is 0 Å². The van der Waals surface area contributed by atoms with E-state index in [1.807, 2.05) is 0 Å². The molecule has 1 N–H and O–H groups in total. The number of hydrogen-bond donors (Lipinski definition) is 1. The summed E-state index contributed by atoms with van der Waals surface area (Å²) in [7, 11) is 0. The number of hydrogen-bond acceptors (Lipinski definition) is 3. The summed E-state index contributed by atoms with van der Waals surface area (Å²) in [6, 6.07) is 1.52. The van der Waals surface area contributed by atoms with E-state index in [1.54, 1.807) is 0 Å². The molecule has 0 aromatic carbocycles. The molecule has 2 nitrogen and oxygen atoms in total. The Morgan fingerprint density at radius 3 is 2.59 bits per heavy atom. The molecule has 102 valence electrons. The maximum Gasteiger partial charge on any atom is 0.0221 e. The van der Waals surface area contributed by atoms with Crippen molar-refractivity contribution in [3.63, 3.8) is 0 Å². The zero-order chi connectivity index (χ0) is 12.5. The Bertz CT molecular complexity index is 187. The standard InChI is InChI=1S/C14H30N2S/c1-4-7-13-12-16(9-10-17-6-3)14(8-5-2)11-15-13/h13-15H,4-12H2,1-3H3. The highest BCUT2D eigenvalue weighted by Crippen LogP contribution is 2.15. The van der Waals surface area contributed by atoms with E-state index in [9.17, 15) is 0 Å². The normalized spacial score (nSPS) is 26.3. The first-order valence-electron chi connectivity index (χ1n) is 7.36. The second-order valence-electron chi connectivity index (χ2n) is 5.03. The molecule has 3 heteroatoms. The van der Waals surface area contributed by atoms with Gasteiger partial charge in [0.05, 0.1) is 0 Å². The number of nitrogens with zero attached hydrogens (tertiary/aromatic N) is 1. The van der Waals surface area contributed by atoms with Gasteiger partial charge in [0, 0.05) is 37.5 Å². The lowest BCUT2D eigenvalue weighted by atomic mass is 10.0. The zero-order valence-corrected chi connectivity index (χ0v) is 12.7. The lowest BCUT2D eigenvalue weighted by Gasteiger charge is -2.40. The summed E-state index contributed by atoms with van der Waals surface area (Å²) in [4.78, 5) is 2.74. The summed E-state index contributed by atoms with van der Waals surface area (Å²) < 4.78 is 0. The molecule has 2 unspecified atom stereocenters. The predicted molar refractivity (Wildman–Crippen MR) is 80.0 cm³/mol. The molecule has 1 aliphatic heterocycles. The largest absolute Gasteiger partial charge is 0.311 e. The first-order chi connectivity index (χ1) is 8.31. The van der Waals surface area contributed by atoms with Gasteiger partial charge in [0.2, 0.25) is 0 Å². The van der Waals surface area contributed by atoms with Gasteiger partial charge in [-0.25, -0.2) is 0 Å². The van der Waals surface area contributed by atoms with Gasteiger partial charge in [0.15, 0.2) is 0 Å². The average Bonchev–Trinajstić information content (AvgIpc) is 2.33. The third-order valence-electron chi connectivity index (χ3n) is 3.60. The van der Waals surface area contributed by atoms with Crippen LogP contribution in [-0.4, -0.2) is 48.1 Å². The highest BCUT2D eigenvalue weighted by Gasteiger charge is 2.26. The number of piperazine rings is 1. The quantitative estimate of drug-likeness (QED) is 0.674. The number of nitrogens with one attached hydrogen (secondary N) is 1. The van der Waals surface area contributed by atoms with Gasteiger partial charge in [0.1, 0.15) is 0 Å². The first kappa shape index (κ1) is 15.3. The third kappa shape index (κ3) is 5.62. The van der Waals surface area contributed by atoms with Gasteiger partial charge in [-0.2, -0.15) is 11.8 Å². The predicted octanol–water partition coefficient (Wildman–Crippen LogP) is 2.98. The van der Waals surface area contributed by atoms with Crippen LogP contribution in [0.3, 0.4) is 0 Å². The molecule has 0 aromatic rings. The summed E-state index contributed by atoms with van der Waals surface area (Å²) in [6.45, 7) is 10.6. The maximum absolute atomic E-state index is 3.73. The summed E-state index contributed by atoms with van der Waals surface area (Å²) in [5.74, 6) is 2.55. The molecule has 1 rings (SSSR count). The lowest BCUT2D eigenvalue weighted by Crippen LogP contribution is -2.56.